The second-order valence-electron chi connectivity index (χ2n) is 12.2. The molecule has 4 saturated heterocycles. The van der Waals surface area contributed by atoms with Crippen LogP contribution in [0.25, 0.3) is 33.1 Å². The van der Waals surface area contributed by atoms with Gasteiger partial charge in [-0.15, -0.1) is 0 Å². The number of hydrogen-bond donors (Lipinski definition) is 2. The molecule has 2 N–H and O–H groups in total. The Morgan fingerprint density at radius 2 is 2.05 bits per heavy atom. The topological polar surface area (TPSA) is 104 Å². The summed E-state index contributed by atoms with van der Waals surface area (Å²) < 4.78 is 57.3. The van der Waals surface area contributed by atoms with E-state index in [0.29, 0.717) is 73.5 Å². The Hall–Kier alpha value is -3.55. The van der Waals surface area contributed by atoms with E-state index in [9.17, 15) is 8.78 Å². The minimum Gasteiger partial charge on any atom is -0.461 e. The standard InChI is InChI=1S/C29H31F3N8O2/c1-16-7-20(31)23-18(10-35-38-23)21(16)25-22(32)24-19(9-33-25)26(39-6-4-34-28(12-39)13-41-14-28)37-27(36-24)42-15-29-3-2-5-40(29)11-17(30)8-29/h7,9-10,17,34H,2-6,8,11-15H2,1H3,(H,35,38)/t17-,29+/m1/s1. The fraction of sp³-hybridized carbons (Fsp3) is 0.517. The van der Waals surface area contributed by atoms with Crippen LogP contribution in [0.2, 0.25) is 0 Å². The summed E-state index contributed by atoms with van der Waals surface area (Å²) in [6.45, 7) is 6.32. The molecule has 4 aliphatic rings. The van der Waals surface area contributed by atoms with E-state index < -0.39 is 23.3 Å². The van der Waals surface area contributed by atoms with Crippen LogP contribution in [0.15, 0.2) is 18.5 Å². The largest absolute Gasteiger partial charge is 0.461 e. The van der Waals surface area contributed by atoms with E-state index in [-0.39, 0.29) is 34.9 Å². The van der Waals surface area contributed by atoms with E-state index in [1.54, 1.807) is 13.1 Å². The molecule has 8 rings (SSSR count). The first-order valence-electron chi connectivity index (χ1n) is 14.4. The zero-order chi connectivity index (χ0) is 28.6. The molecule has 0 unspecified atom stereocenters. The Labute approximate surface area is 239 Å². The van der Waals surface area contributed by atoms with Crippen molar-refractivity contribution in [2.45, 2.75) is 43.4 Å². The molecule has 0 aliphatic carbocycles. The van der Waals surface area contributed by atoms with Gasteiger partial charge in [0.25, 0.3) is 0 Å². The molecule has 7 heterocycles. The van der Waals surface area contributed by atoms with E-state index in [1.807, 2.05) is 0 Å². The summed E-state index contributed by atoms with van der Waals surface area (Å²) in [5.41, 5.74) is 0.659. The van der Waals surface area contributed by atoms with Gasteiger partial charge < -0.3 is 19.7 Å². The highest BCUT2D eigenvalue weighted by atomic mass is 19.1. The van der Waals surface area contributed by atoms with Gasteiger partial charge in [0, 0.05) is 49.7 Å². The summed E-state index contributed by atoms with van der Waals surface area (Å²) in [6, 6.07) is 1.38. The maximum atomic E-state index is 16.6. The van der Waals surface area contributed by atoms with Crippen molar-refractivity contribution in [3.05, 3.63) is 35.7 Å². The van der Waals surface area contributed by atoms with Gasteiger partial charge in [-0.05, 0) is 37.9 Å². The van der Waals surface area contributed by atoms with Crippen molar-refractivity contribution in [2.24, 2.45) is 0 Å². The number of hydrogen-bond acceptors (Lipinski definition) is 9. The first-order chi connectivity index (χ1) is 20.3. The number of benzene rings is 1. The molecule has 10 nitrogen and oxygen atoms in total. The Balaban J connectivity index is 1.25. The molecule has 3 aromatic heterocycles. The summed E-state index contributed by atoms with van der Waals surface area (Å²) in [5.74, 6) is -0.596. The molecule has 0 saturated carbocycles. The normalized spacial score (nSPS) is 25.4. The monoisotopic (exact) mass is 580 g/mol. The predicted molar refractivity (Wildman–Crippen MR) is 149 cm³/mol. The predicted octanol–water partition coefficient (Wildman–Crippen LogP) is 3.29. The third-order valence-electron chi connectivity index (χ3n) is 9.43. The summed E-state index contributed by atoms with van der Waals surface area (Å²) in [5, 5.41) is 11.1. The van der Waals surface area contributed by atoms with Crippen LogP contribution in [0.3, 0.4) is 0 Å². The van der Waals surface area contributed by atoms with Gasteiger partial charge in [0.2, 0.25) is 0 Å². The van der Waals surface area contributed by atoms with Crippen LogP contribution in [0, 0.1) is 18.6 Å². The number of anilines is 1. The molecule has 2 atom stereocenters. The van der Waals surface area contributed by atoms with Gasteiger partial charge in [0.15, 0.2) is 5.82 Å². The van der Waals surface area contributed by atoms with E-state index in [2.05, 4.69) is 35.3 Å². The van der Waals surface area contributed by atoms with Crippen LogP contribution >= 0.6 is 0 Å². The fourth-order valence-electron chi connectivity index (χ4n) is 7.35. The zero-order valence-corrected chi connectivity index (χ0v) is 23.2. The SMILES string of the molecule is Cc1cc(F)c2[nH]ncc2c1-c1ncc2c(N3CCNC4(COC4)C3)nc(OC[C@@]34CCCN3C[C@H](F)C4)nc2c1F. The second-order valence-corrected chi connectivity index (χ2v) is 12.2. The van der Waals surface area contributed by atoms with Crippen LogP contribution in [-0.2, 0) is 4.74 Å². The van der Waals surface area contributed by atoms with E-state index in [1.165, 1.54) is 12.3 Å². The van der Waals surface area contributed by atoms with Gasteiger partial charge in [0.05, 0.1) is 35.9 Å². The number of fused-ring (bicyclic) bond motifs is 3. The number of aromatic amines is 1. The van der Waals surface area contributed by atoms with Crippen LogP contribution < -0.4 is 15.0 Å². The van der Waals surface area contributed by atoms with Gasteiger partial charge >= 0.3 is 6.01 Å². The highest BCUT2D eigenvalue weighted by Gasteiger charge is 2.49. The maximum absolute atomic E-state index is 16.6. The number of H-pyrrole nitrogens is 1. The highest BCUT2D eigenvalue weighted by Crippen LogP contribution is 2.41. The molecule has 0 radical (unpaired) electrons. The lowest BCUT2D eigenvalue weighted by molar-refractivity contribution is -0.0743. The molecular weight excluding hydrogens is 549 g/mol. The molecule has 4 fully saturated rings. The smallest absolute Gasteiger partial charge is 0.319 e. The average Bonchev–Trinajstić information content (AvgIpc) is 3.67. The summed E-state index contributed by atoms with van der Waals surface area (Å²) in [4.78, 5) is 18.2. The van der Waals surface area contributed by atoms with Crippen molar-refractivity contribution in [3.8, 4) is 17.3 Å². The molecule has 0 amide bonds. The van der Waals surface area contributed by atoms with Gasteiger partial charge in [-0.3, -0.25) is 15.0 Å². The minimum atomic E-state index is -0.895. The number of nitrogens with zero attached hydrogens (tertiary/aromatic N) is 6. The number of alkyl halides is 1. The van der Waals surface area contributed by atoms with Crippen molar-refractivity contribution >= 4 is 27.6 Å². The molecule has 1 aromatic carbocycles. The number of aryl methyl sites for hydroxylation is 1. The summed E-state index contributed by atoms with van der Waals surface area (Å²) >= 11 is 0. The number of ether oxygens (including phenoxy) is 2. The second kappa shape index (κ2) is 9.48. The third kappa shape index (κ3) is 3.97. The van der Waals surface area contributed by atoms with Crippen molar-refractivity contribution < 1.29 is 22.6 Å². The fourth-order valence-corrected chi connectivity index (χ4v) is 7.35. The van der Waals surface area contributed by atoms with Crippen molar-refractivity contribution in [1.29, 1.82) is 0 Å². The van der Waals surface area contributed by atoms with Crippen molar-refractivity contribution in [1.82, 2.24) is 35.4 Å². The molecule has 1 spiro atoms. The highest BCUT2D eigenvalue weighted by molar-refractivity contribution is 5.99. The Morgan fingerprint density at radius 3 is 2.88 bits per heavy atom. The van der Waals surface area contributed by atoms with Crippen molar-refractivity contribution in [3.63, 3.8) is 0 Å². The Kier molecular flexibility index (Phi) is 5.89. The molecule has 4 aliphatic heterocycles. The first kappa shape index (κ1) is 26.1. The van der Waals surface area contributed by atoms with Crippen LogP contribution in [0.1, 0.15) is 24.8 Å². The van der Waals surface area contributed by atoms with Crippen molar-refractivity contribution in [2.75, 3.05) is 57.4 Å². The Bertz CT molecular complexity index is 1710. The number of pyridine rings is 1. The lowest BCUT2D eigenvalue weighted by Gasteiger charge is -2.49. The lowest BCUT2D eigenvalue weighted by Crippen LogP contribution is -2.70. The molecule has 13 heteroatoms. The van der Waals surface area contributed by atoms with Gasteiger partial charge in [-0.25, -0.2) is 13.2 Å². The maximum Gasteiger partial charge on any atom is 0.319 e. The minimum absolute atomic E-state index is 0.0406. The third-order valence-corrected chi connectivity index (χ3v) is 9.43. The molecule has 220 valence electrons. The molecular formula is C29H31F3N8O2. The van der Waals surface area contributed by atoms with Gasteiger partial charge in [0.1, 0.15) is 41.1 Å². The van der Waals surface area contributed by atoms with Gasteiger partial charge in [-0.2, -0.15) is 15.1 Å². The van der Waals surface area contributed by atoms with Crippen LogP contribution in [0.4, 0.5) is 19.0 Å². The van der Waals surface area contributed by atoms with E-state index in [0.717, 1.165) is 19.4 Å². The van der Waals surface area contributed by atoms with E-state index >= 15 is 4.39 Å². The zero-order valence-electron chi connectivity index (χ0n) is 23.2. The number of piperazine rings is 1. The van der Waals surface area contributed by atoms with Gasteiger partial charge in [-0.1, -0.05) is 0 Å². The van der Waals surface area contributed by atoms with Crippen LogP contribution in [0.5, 0.6) is 6.01 Å². The number of aromatic nitrogens is 5. The Morgan fingerprint density at radius 1 is 1.17 bits per heavy atom. The average molecular weight is 581 g/mol. The molecule has 4 aromatic rings. The number of halogens is 3. The quantitative estimate of drug-likeness (QED) is 0.368. The number of nitrogens with one attached hydrogen (secondary N) is 2. The summed E-state index contributed by atoms with van der Waals surface area (Å²) in [7, 11) is 0. The molecule has 42 heavy (non-hydrogen) atoms. The first-order valence-corrected chi connectivity index (χ1v) is 14.4. The van der Waals surface area contributed by atoms with E-state index in [4.69, 9.17) is 14.5 Å². The molecule has 0 bridgehead atoms. The van der Waals surface area contributed by atoms with Crippen LogP contribution in [-0.4, -0.2) is 99.8 Å². The lowest BCUT2D eigenvalue weighted by atomic mass is 9.94. The summed E-state index contributed by atoms with van der Waals surface area (Å²) in [6.07, 6.45) is 4.37. The number of rotatable bonds is 5.